The van der Waals surface area contributed by atoms with Crippen LogP contribution >= 0.6 is 11.8 Å². The van der Waals surface area contributed by atoms with Crippen molar-refractivity contribution in [2.75, 3.05) is 0 Å². The number of halogens is 3. The highest BCUT2D eigenvalue weighted by molar-refractivity contribution is 7.99. The van der Waals surface area contributed by atoms with Crippen LogP contribution in [0.15, 0.2) is 39.1 Å². The fourth-order valence-electron chi connectivity index (χ4n) is 1.64. The number of carbonyl (C=O) groups excluding carboxylic acids is 1. The number of carbonyl (C=O) groups is 1. The van der Waals surface area contributed by atoms with Crippen LogP contribution in [0, 0.1) is 6.92 Å². The van der Waals surface area contributed by atoms with E-state index in [0.717, 1.165) is 6.07 Å². The van der Waals surface area contributed by atoms with Crippen LogP contribution in [0.3, 0.4) is 0 Å². The van der Waals surface area contributed by atoms with Gasteiger partial charge < -0.3 is 4.98 Å². The normalized spacial score (nSPS) is 11.4. The van der Waals surface area contributed by atoms with Gasteiger partial charge >= 0.3 is 6.18 Å². The van der Waals surface area contributed by atoms with Crippen molar-refractivity contribution in [3.8, 4) is 0 Å². The molecule has 0 saturated heterocycles. The van der Waals surface area contributed by atoms with Gasteiger partial charge in [-0.25, -0.2) is 4.98 Å². The van der Waals surface area contributed by atoms with Gasteiger partial charge in [0.2, 0.25) is 0 Å². The second-order valence-electron chi connectivity index (χ2n) is 4.17. The molecule has 0 bridgehead atoms. The largest absolute Gasteiger partial charge is 0.417 e. The summed E-state index contributed by atoms with van der Waals surface area (Å²) in [6, 6.07) is 4.46. The number of benzene rings is 1. The number of hydrogen-bond donors (Lipinski definition) is 1. The van der Waals surface area contributed by atoms with E-state index in [1.807, 2.05) is 0 Å². The van der Waals surface area contributed by atoms with E-state index in [2.05, 4.69) is 9.97 Å². The summed E-state index contributed by atoms with van der Waals surface area (Å²) in [7, 11) is 0. The van der Waals surface area contributed by atoms with Gasteiger partial charge in [0.1, 0.15) is 6.29 Å². The molecule has 2 aromatic rings. The van der Waals surface area contributed by atoms with E-state index in [-0.39, 0.29) is 15.6 Å². The van der Waals surface area contributed by atoms with Gasteiger partial charge in [0.05, 0.1) is 5.56 Å². The van der Waals surface area contributed by atoms with E-state index in [0.29, 0.717) is 23.7 Å². The third-order valence-corrected chi connectivity index (χ3v) is 3.46. The third kappa shape index (κ3) is 3.72. The lowest BCUT2D eigenvalue weighted by atomic mass is 10.1. The average Bonchev–Trinajstić information content (AvgIpc) is 2.36. The van der Waals surface area contributed by atoms with Crippen LogP contribution < -0.4 is 5.56 Å². The van der Waals surface area contributed by atoms with Gasteiger partial charge in [-0.15, -0.1) is 0 Å². The molecule has 0 spiro atoms. The molecule has 0 unspecified atom stereocenters. The van der Waals surface area contributed by atoms with Crippen molar-refractivity contribution in [3.05, 3.63) is 51.4 Å². The number of aryl methyl sites for hydroxylation is 1. The number of nitrogens with zero attached hydrogens (tertiary/aromatic N) is 1. The van der Waals surface area contributed by atoms with E-state index < -0.39 is 17.3 Å². The Labute approximate surface area is 121 Å². The highest BCUT2D eigenvalue weighted by Gasteiger charge is 2.34. The topological polar surface area (TPSA) is 62.8 Å². The number of H-pyrrole nitrogens is 1. The molecule has 21 heavy (non-hydrogen) atoms. The molecule has 1 aromatic carbocycles. The summed E-state index contributed by atoms with van der Waals surface area (Å²) in [4.78, 5) is 28.1. The average molecular weight is 314 g/mol. The molecule has 0 saturated carbocycles. The Hall–Kier alpha value is -2.09. The van der Waals surface area contributed by atoms with Gasteiger partial charge in [-0.1, -0.05) is 17.8 Å². The summed E-state index contributed by atoms with van der Waals surface area (Å²) >= 11 is 0.686. The summed E-state index contributed by atoms with van der Waals surface area (Å²) in [6.07, 6.45) is -4.26. The summed E-state index contributed by atoms with van der Waals surface area (Å²) in [5.41, 5.74) is -1.05. The fourth-order valence-corrected chi connectivity index (χ4v) is 2.61. The highest BCUT2D eigenvalue weighted by Crippen LogP contribution is 2.38. The van der Waals surface area contributed by atoms with Crippen molar-refractivity contribution in [2.45, 2.75) is 23.2 Å². The van der Waals surface area contributed by atoms with E-state index >= 15 is 0 Å². The number of nitrogens with one attached hydrogen (secondary N) is 1. The lowest BCUT2D eigenvalue weighted by molar-refractivity contribution is -0.139. The molecule has 1 heterocycles. The molecule has 8 heteroatoms. The fraction of sp³-hybridized carbons (Fsp3) is 0.154. The lowest BCUT2D eigenvalue weighted by Gasteiger charge is -2.12. The maximum Gasteiger partial charge on any atom is 0.417 e. The molecule has 0 aliphatic heterocycles. The molecule has 1 aromatic heterocycles. The Balaban J connectivity index is 2.48. The van der Waals surface area contributed by atoms with Crippen molar-refractivity contribution in [1.29, 1.82) is 0 Å². The third-order valence-electron chi connectivity index (χ3n) is 2.50. The van der Waals surface area contributed by atoms with Crippen molar-refractivity contribution < 1.29 is 18.0 Å². The highest BCUT2D eigenvalue weighted by atomic mass is 32.2. The van der Waals surface area contributed by atoms with Gasteiger partial charge in [-0.05, 0) is 19.1 Å². The molecule has 0 fully saturated rings. The Morgan fingerprint density at radius 1 is 1.29 bits per heavy atom. The van der Waals surface area contributed by atoms with E-state index in [4.69, 9.17) is 0 Å². The molecule has 0 atom stereocenters. The molecule has 4 nitrogen and oxygen atoms in total. The van der Waals surface area contributed by atoms with Crippen LogP contribution in [0.4, 0.5) is 13.2 Å². The second kappa shape index (κ2) is 5.72. The molecule has 0 amide bonds. The number of alkyl halides is 3. The minimum Gasteiger partial charge on any atom is -0.301 e. The van der Waals surface area contributed by atoms with Crippen molar-refractivity contribution >= 4 is 18.0 Å². The second-order valence-corrected chi connectivity index (χ2v) is 5.20. The zero-order valence-electron chi connectivity index (χ0n) is 10.7. The van der Waals surface area contributed by atoms with Gasteiger partial charge in [0.15, 0.2) is 5.16 Å². The molecule has 1 N–H and O–H groups in total. The van der Waals surface area contributed by atoms with Crippen LogP contribution in [0.2, 0.25) is 0 Å². The van der Waals surface area contributed by atoms with Crippen molar-refractivity contribution in [1.82, 2.24) is 9.97 Å². The minimum atomic E-state index is -4.61. The first-order valence-electron chi connectivity index (χ1n) is 5.72. The zero-order chi connectivity index (χ0) is 15.6. The van der Waals surface area contributed by atoms with Crippen LogP contribution in [0.5, 0.6) is 0 Å². The van der Waals surface area contributed by atoms with Crippen LogP contribution in [0.1, 0.15) is 21.6 Å². The molecule has 0 radical (unpaired) electrons. The lowest BCUT2D eigenvalue weighted by Crippen LogP contribution is -2.10. The van der Waals surface area contributed by atoms with Gasteiger partial charge in [0, 0.05) is 22.2 Å². The predicted molar refractivity (Wildman–Crippen MR) is 70.5 cm³/mol. The maximum absolute atomic E-state index is 13.0. The Bertz CT molecular complexity index is 741. The van der Waals surface area contributed by atoms with E-state index in [9.17, 15) is 22.8 Å². The summed E-state index contributed by atoms with van der Waals surface area (Å²) in [6.45, 7) is 1.57. The first kappa shape index (κ1) is 15.3. The smallest absolute Gasteiger partial charge is 0.301 e. The summed E-state index contributed by atoms with van der Waals surface area (Å²) in [5.74, 6) is 0. The molecule has 0 aliphatic carbocycles. The van der Waals surface area contributed by atoms with Gasteiger partial charge in [-0.2, -0.15) is 13.2 Å². The van der Waals surface area contributed by atoms with E-state index in [1.54, 1.807) is 6.92 Å². The van der Waals surface area contributed by atoms with Gasteiger partial charge in [-0.3, -0.25) is 9.59 Å². The zero-order valence-corrected chi connectivity index (χ0v) is 11.5. The Morgan fingerprint density at radius 3 is 2.57 bits per heavy atom. The number of aldehydes is 1. The van der Waals surface area contributed by atoms with Crippen molar-refractivity contribution in [2.24, 2.45) is 0 Å². The monoisotopic (exact) mass is 314 g/mol. The SMILES string of the molecule is Cc1cc(=O)[nH]c(Sc2ccc(C=O)cc2C(F)(F)F)n1. The quantitative estimate of drug-likeness (QED) is 0.698. The minimum absolute atomic E-state index is 0.0596. The molecule has 110 valence electrons. The van der Waals surface area contributed by atoms with Crippen LogP contribution in [-0.4, -0.2) is 16.3 Å². The van der Waals surface area contributed by atoms with E-state index in [1.165, 1.54) is 18.2 Å². The molecular weight excluding hydrogens is 305 g/mol. The van der Waals surface area contributed by atoms with Crippen LogP contribution in [-0.2, 0) is 6.18 Å². The number of rotatable bonds is 3. The summed E-state index contributed by atoms with van der Waals surface area (Å²) < 4.78 is 39.0. The molecular formula is C13H9F3N2O2S. The Kier molecular flexibility index (Phi) is 4.17. The number of aromatic amines is 1. The predicted octanol–water partition coefficient (Wildman–Crippen LogP) is 3.06. The Morgan fingerprint density at radius 2 is 2.00 bits per heavy atom. The van der Waals surface area contributed by atoms with Gasteiger partial charge in [0.25, 0.3) is 5.56 Å². The molecule has 0 aliphatic rings. The first-order chi connectivity index (χ1) is 9.79. The number of aromatic nitrogens is 2. The van der Waals surface area contributed by atoms with Crippen molar-refractivity contribution in [3.63, 3.8) is 0 Å². The van der Waals surface area contributed by atoms with Crippen LogP contribution in [0.25, 0.3) is 0 Å². The maximum atomic E-state index is 13.0. The summed E-state index contributed by atoms with van der Waals surface area (Å²) in [5, 5.41) is 0.0596. The molecule has 2 rings (SSSR count). The standard InChI is InChI=1S/C13H9F3N2O2S/c1-7-4-11(20)18-12(17-7)21-10-3-2-8(6-19)5-9(10)13(14,15)16/h2-6H,1H3,(H,17,18,20). The number of hydrogen-bond acceptors (Lipinski definition) is 4. The first-order valence-corrected chi connectivity index (χ1v) is 6.53.